The van der Waals surface area contributed by atoms with Gasteiger partial charge in [-0.3, -0.25) is 0 Å². The minimum absolute atomic E-state index is 0.0150. The Morgan fingerprint density at radius 2 is 2.25 bits per heavy atom. The number of methoxy groups -OCH3 is 1. The monoisotopic (exact) mass is 241 g/mol. The average molecular weight is 241 g/mol. The second-order valence-electron chi connectivity index (χ2n) is 3.59. The zero-order valence-corrected chi connectivity index (χ0v) is 10.5. The van der Waals surface area contributed by atoms with Gasteiger partial charge in [-0.05, 0) is 24.6 Å². The number of rotatable bonds is 6. The van der Waals surface area contributed by atoms with Crippen LogP contribution in [0.5, 0.6) is 5.75 Å². The molecule has 0 saturated heterocycles. The van der Waals surface area contributed by atoms with Gasteiger partial charge in [-0.1, -0.05) is 13.0 Å². The number of benzene rings is 1. The first-order chi connectivity index (χ1) is 7.71. The predicted octanol–water partition coefficient (Wildman–Crippen LogP) is 1.89. The standard InChI is InChI=1S/C12H19NO2S/c1-3-11(13)12(8-14)16-10-6-4-5-9(7-10)15-2/h4-7,11-12,14H,3,8,13H2,1-2H3. The fraction of sp³-hybridized carbons (Fsp3) is 0.500. The maximum absolute atomic E-state index is 9.28. The summed E-state index contributed by atoms with van der Waals surface area (Å²) in [7, 11) is 1.64. The summed E-state index contributed by atoms with van der Waals surface area (Å²) >= 11 is 1.60. The van der Waals surface area contributed by atoms with Gasteiger partial charge < -0.3 is 15.6 Å². The van der Waals surface area contributed by atoms with Crippen molar-refractivity contribution in [2.45, 2.75) is 29.5 Å². The van der Waals surface area contributed by atoms with E-state index in [1.807, 2.05) is 31.2 Å². The van der Waals surface area contributed by atoms with Crippen LogP contribution in [-0.2, 0) is 0 Å². The molecule has 0 aromatic heterocycles. The van der Waals surface area contributed by atoms with Gasteiger partial charge in [0, 0.05) is 16.2 Å². The van der Waals surface area contributed by atoms with Crippen molar-refractivity contribution in [3.05, 3.63) is 24.3 Å². The molecular formula is C12H19NO2S. The molecule has 1 rings (SSSR count). The Morgan fingerprint density at radius 1 is 1.50 bits per heavy atom. The molecule has 16 heavy (non-hydrogen) atoms. The summed E-state index contributed by atoms with van der Waals surface area (Å²) in [6, 6.07) is 7.81. The fourth-order valence-electron chi connectivity index (χ4n) is 1.37. The Balaban J connectivity index is 2.69. The van der Waals surface area contributed by atoms with Gasteiger partial charge >= 0.3 is 0 Å². The number of nitrogens with two attached hydrogens (primary N) is 1. The Hall–Kier alpha value is -0.710. The number of aliphatic hydroxyl groups excluding tert-OH is 1. The zero-order chi connectivity index (χ0) is 12.0. The molecular weight excluding hydrogens is 222 g/mol. The Kier molecular flexibility index (Phi) is 5.66. The maximum Gasteiger partial charge on any atom is 0.119 e. The van der Waals surface area contributed by atoms with Crippen molar-refractivity contribution in [1.29, 1.82) is 0 Å². The van der Waals surface area contributed by atoms with Gasteiger partial charge in [0.1, 0.15) is 5.75 Å². The molecule has 0 radical (unpaired) electrons. The Labute approximate surface area is 101 Å². The lowest BCUT2D eigenvalue weighted by Crippen LogP contribution is -2.34. The van der Waals surface area contributed by atoms with Crippen LogP contribution >= 0.6 is 11.8 Å². The van der Waals surface area contributed by atoms with E-state index in [1.54, 1.807) is 18.9 Å². The summed E-state index contributed by atoms with van der Waals surface area (Å²) in [5.74, 6) is 0.826. The van der Waals surface area contributed by atoms with E-state index in [1.165, 1.54) is 0 Å². The largest absolute Gasteiger partial charge is 0.497 e. The molecule has 0 aliphatic carbocycles. The lowest BCUT2D eigenvalue weighted by Gasteiger charge is -2.20. The molecule has 0 bridgehead atoms. The zero-order valence-electron chi connectivity index (χ0n) is 9.72. The second-order valence-corrected chi connectivity index (χ2v) is 4.90. The summed E-state index contributed by atoms with van der Waals surface area (Å²) in [6.45, 7) is 2.12. The highest BCUT2D eigenvalue weighted by atomic mass is 32.2. The third kappa shape index (κ3) is 3.70. The highest BCUT2D eigenvalue weighted by Crippen LogP contribution is 2.28. The minimum atomic E-state index is 0.0150. The predicted molar refractivity (Wildman–Crippen MR) is 68.0 cm³/mol. The van der Waals surface area contributed by atoms with Crippen LogP contribution in [0.25, 0.3) is 0 Å². The lowest BCUT2D eigenvalue weighted by molar-refractivity contribution is 0.281. The fourth-order valence-corrected chi connectivity index (χ4v) is 2.50. The van der Waals surface area contributed by atoms with Crippen LogP contribution in [0.1, 0.15) is 13.3 Å². The molecule has 0 heterocycles. The highest BCUT2D eigenvalue weighted by molar-refractivity contribution is 8.00. The smallest absolute Gasteiger partial charge is 0.119 e. The molecule has 0 saturated carbocycles. The van der Waals surface area contributed by atoms with Crippen molar-refractivity contribution in [2.24, 2.45) is 5.73 Å². The highest BCUT2D eigenvalue weighted by Gasteiger charge is 2.16. The van der Waals surface area contributed by atoms with Crippen LogP contribution in [-0.4, -0.2) is 30.1 Å². The Bertz CT molecular complexity index is 320. The number of aliphatic hydroxyl groups is 1. The first kappa shape index (κ1) is 13.4. The van der Waals surface area contributed by atoms with Gasteiger partial charge in [0.25, 0.3) is 0 Å². The third-order valence-electron chi connectivity index (χ3n) is 2.46. The van der Waals surface area contributed by atoms with Crippen molar-refractivity contribution in [3.8, 4) is 5.75 Å². The number of ether oxygens (including phenoxy) is 1. The molecule has 3 nitrogen and oxygen atoms in total. The van der Waals surface area contributed by atoms with E-state index in [9.17, 15) is 5.11 Å². The molecule has 0 fully saturated rings. The van der Waals surface area contributed by atoms with Gasteiger partial charge in [-0.25, -0.2) is 0 Å². The van der Waals surface area contributed by atoms with E-state index in [4.69, 9.17) is 10.5 Å². The SMILES string of the molecule is CCC(N)C(CO)Sc1cccc(OC)c1. The average Bonchev–Trinajstić information content (AvgIpc) is 2.35. The molecule has 3 N–H and O–H groups in total. The van der Waals surface area contributed by atoms with Gasteiger partial charge in [0.05, 0.1) is 13.7 Å². The van der Waals surface area contributed by atoms with Crippen molar-refractivity contribution >= 4 is 11.8 Å². The molecule has 90 valence electrons. The lowest BCUT2D eigenvalue weighted by atomic mass is 10.2. The third-order valence-corrected chi connectivity index (χ3v) is 3.79. The number of hydrogen-bond acceptors (Lipinski definition) is 4. The summed E-state index contributed by atoms with van der Waals surface area (Å²) in [6.07, 6.45) is 0.863. The molecule has 0 aliphatic heterocycles. The van der Waals surface area contributed by atoms with Gasteiger partial charge in [-0.15, -0.1) is 11.8 Å². The van der Waals surface area contributed by atoms with E-state index in [0.717, 1.165) is 17.1 Å². The van der Waals surface area contributed by atoms with Crippen molar-refractivity contribution in [3.63, 3.8) is 0 Å². The Morgan fingerprint density at radius 3 is 2.81 bits per heavy atom. The first-order valence-electron chi connectivity index (χ1n) is 5.38. The summed E-state index contributed by atoms with van der Waals surface area (Å²) in [4.78, 5) is 1.07. The van der Waals surface area contributed by atoms with Crippen LogP contribution in [0.2, 0.25) is 0 Å². The minimum Gasteiger partial charge on any atom is -0.497 e. The molecule has 0 aliphatic rings. The molecule has 1 aromatic carbocycles. The van der Waals surface area contributed by atoms with E-state index in [2.05, 4.69) is 0 Å². The summed E-state index contributed by atoms with van der Waals surface area (Å²) in [5.41, 5.74) is 5.93. The number of hydrogen-bond donors (Lipinski definition) is 2. The van der Waals surface area contributed by atoms with Crippen LogP contribution in [0.4, 0.5) is 0 Å². The van der Waals surface area contributed by atoms with Crippen LogP contribution in [0, 0.1) is 0 Å². The topological polar surface area (TPSA) is 55.5 Å². The van der Waals surface area contributed by atoms with Crippen LogP contribution < -0.4 is 10.5 Å². The van der Waals surface area contributed by atoms with E-state index >= 15 is 0 Å². The summed E-state index contributed by atoms with van der Waals surface area (Å²) in [5, 5.41) is 9.32. The van der Waals surface area contributed by atoms with E-state index in [0.29, 0.717) is 0 Å². The second kappa shape index (κ2) is 6.78. The van der Waals surface area contributed by atoms with E-state index in [-0.39, 0.29) is 17.9 Å². The summed E-state index contributed by atoms with van der Waals surface area (Å²) < 4.78 is 5.15. The van der Waals surface area contributed by atoms with Crippen molar-refractivity contribution in [1.82, 2.24) is 0 Å². The van der Waals surface area contributed by atoms with Gasteiger partial charge in [0.15, 0.2) is 0 Å². The van der Waals surface area contributed by atoms with Crippen LogP contribution in [0.3, 0.4) is 0 Å². The molecule has 0 amide bonds. The molecule has 0 spiro atoms. The van der Waals surface area contributed by atoms with Gasteiger partial charge in [0.2, 0.25) is 0 Å². The first-order valence-corrected chi connectivity index (χ1v) is 6.26. The normalized spacial score (nSPS) is 14.5. The van der Waals surface area contributed by atoms with Crippen molar-refractivity contribution < 1.29 is 9.84 Å². The van der Waals surface area contributed by atoms with Crippen LogP contribution in [0.15, 0.2) is 29.2 Å². The molecule has 2 unspecified atom stereocenters. The van der Waals surface area contributed by atoms with Gasteiger partial charge in [-0.2, -0.15) is 0 Å². The molecule has 1 aromatic rings. The number of thioether (sulfide) groups is 1. The maximum atomic E-state index is 9.28. The molecule has 4 heteroatoms. The quantitative estimate of drug-likeness (QED) is 0.747. The van der Waals surface area contributed by atoms with E-state index < -0.39 is 0 Å². The van der Waals surface area contributed by atoms with Crippen molar-refractivity contribution in [2.75, 3.05) is 13.7 Å². The molecule has 2 atom stereocenters.